The van der Waals surface area contributed by atoms with Crippen molar-refractivity contribution in [1.82, 2.24) is 29.0 Å². The van der Waals surface area contributed by atoms with Crippen molar-refractivity contribution >= 4 is 21.1 Å². The molecule has 1 aromatic carbocycles. The van der Waals surface area contributed by atoms with Crippen molar-refractivity contribution in [1.29, 1.82) is 0 Å². The molecule has 34 heavy (non-hydrogen) atoms. The molecule has 0 aliphatic carbocycles. The molecule has 0 amide bonds. The van der Waals surface area contributed by atoms with Crippen LogP contribution in [0.1, 0.15) is 26.5 Å². The topological polar surface area (TPSA) is 113 Å². The van der Waals surface area contributed by atoms with Crippen LogP contribution in [0.4, 0.5) is 0 Å². The van der Waals surface area contributed by atoms with Crippen LogP contribution in [0.15, 0.2) is 27.9 Å². The predicted molar refractivity (Wildman–Crippen MR) is 131 cm³/mol. The lowest BCUT2D eigenvalue weighted by Gasteiger charge is -2.31. The number of hydrogen-bond donors (Lipinski definition) is 1. The van der Waals surface area contributed by atoms with Gasteiger partial charge in [-0.05, 0) is 44.5 Å². The minimum Gasteiger partial charge on any atom is -0.493 e. The lowest BCUT2D eigenvalue weighted by atomic mass is 10.1. The van der Waals surface area contributed by atoms with Crippen LogP contribution in [0.25, 0.3) is 22.4 Å². The van der Waals surface area contributed by atoms with Crippen molar-refractivity contribution in [2.24, 2.45) is 13.0 Å². The molecule has 11 heteroatoms. The van der Waals surface area contributed by atoms with Gasteiger partial charge in [0.2, 0.25) is 10.0 Å². The molecule has 1 aliphatic heterocycles. The lowest BCUT2D eigenvalue weighted by molar-refractivity contribution is 0.222. The van der Waals surface area contributed by atoms with Crippen LogP contribution in [0.5, 0.6) is 5.75 Å². The zero-order valence-electron chi connectivity index (χ0n) is 20.3. The summed E-state index contributed by atoms with van der Waals surface area (Å²) < 4.78 is 35.7. The van der Waals surface area contributed by atoms with Gasteiger partial charge in [-0.25, -0.2) is 13.4 Å². The molecular weight excluding hydrogens is 456 g/mol. The van der Waals surface area contributed by atoms with Gasteiger partial charge in [-0.2, -0.15) is 9.40 Å². The first-order chi connectivity index (χ1) is 16.1. The normalized spacial score (nSPS) is 15.9. The summed E-state index contributed by atoms with van der Waals surface area (Å²) in [5.41, 5.74) is 1.69. The highest BCUT2D eigenvalue weighted by molar-refractivity contribution is 7.89. The van der Waals surface area contributed by atoms with Gasteiger partial charge in [0.1, 0.15) is 17.1 Å². The second-order valence-electron chi connectivity index (χ2n) is 9.08. The van der Waals surface area contributed by atoms with E-state index in [1.807, 2.05) is 14.0 Å². The highest BCUT2D eigenvalue weighted by Crippen LogP contribution is 2.32. The molecule has 4 rings (SSSR count). The molecule has 1 fully saturated rings. The van der Waals surface area contributed by atoms with E-state index in [0.29, 0.717) is 62.0 Å². The van der Waals surface area contributed by atoms with E-state index >= 15 is 0 Å². The number of nitrogens with zero attached hydrogens (tertiary/aromatic N) is 5. The summed E-state index contributed by atoms with van der Waals surface area (Å²) in [5, 5.41) is 4.36. The van der Waals surface area contributed by atoms with Gasteiger partial charge >= 0.3 is 0 Å². The molecule has 0 unspecified atom stereocenters. The number of fused-ring (bicyclic) bond motifs is 1. The Balaban J connectivity index is 1.85. The molecule has 2 aromatic heterocycles. The fourth-order valence-corrected chi connectivity index (χ4v) is 5.63. The molecule has 0 spiro atoms. The van der Waals surface area contributed by atoms with E-state index in [1.54, 1.807) is 29.9 Å². The smallest absolute Gasteiger partial charge is 0.279 e. The molecule has 3 aromatic rings. The molecule has 10 nitrogen and oxygen atoms in total. The molecule has 0 bridgehead atoms. The van der Waals surface area contributed by atoms with Crippen LogP contribution >= 0.6 is 0 Å². The van der Waals surface area contributed by atoms with E-state index in [2.05, 4.69) is 28.8 Å². The van der Waals surface area contributed by atoms with E-state index in [1.165, 1.54) is 4.31 Å². The van der Waals surface area contributed by atoms with Crippen molar-refractivity contribution in [3.8, 4) is 17.1 Å². The highest BCUT2D eigenvalue weighted by Gasteiger charge is 2.29. The zero-order chi connectivity index (χ0) is 24.6. The van der Waals surface area contributed by atoms with Gasteiger partial charge in [-0.1, -0.05) is 13.8 Å². The number of aromatic amines is 1. The van der Waals surface area contributed by atoms with Gasteiger partial charge in [0.25, 0.3) is 5.56 Å². The van der Waals surface area contributed by atoms with E-state index < -0.39 is 10.0 Å². The minimum atomic E-state index is -3.71. The summed E-state index contributed by atoms with van der Waals surface area (Å²) in [4.78, 5) is 22.7. The largest absolute Gasteiger partial charge is 0.493 e. The lowest BCUT2D eigenvalue weighted by Crippen LogP contribution is -2.47. The van der Waals surface area contributed by atoms with E-state index in [9.17, 15) is 13.2 Å². The van der Waals surface area contributed by atoms with Gasteiger partial charge in [-0.3, -0.25) is 9.48 Å². The van der Waals surface area contributed by atoms with Crippen molar-refractivity contribution in [2.45, 2.75) is 32.1 Å². The van der Waals surface area contributed by atoms with Crippen LogP contribution in [0.3, 0.4) is 0 Å². The van der Waals surface area contributed by atoms with Gasteiger partial charge in [-0.15, -0.1) is 0 Å². The molecule has 1 N–H and O–H groups in total. The Morgan fingerprint density at radius 1 is 1.12 bits per heavy atom. The maximum absolute atomic E-state index is 13.4. The number of aryl methyl sites for hydroxylation is 1. The number of nitrogens with one attached hydrogen (secondary N) is 1. The van der Waals surface area contributed by atoms with Crippen molar-refractivity contribution in [3.63, 3.8) is 0 Å². The molecule has 3 heterocycles. The zero-order valence-corrected chi connectivity index (χ0v) is 21.1. The van der Waals surface area contributed by atoms with Crippen LogP contribution in [0.2, 0.25) is 0 Å². The second-order valence-corrected chi connectivity index (χ2v) is 11.0. The molecule has 1 aliphatic rings. The fraction of sp³-hybridized carbons (Fsp3) is 0.522. The Hall–Kier alpha value is -2.76. The predicted octanol–water partition coefficient (Wildman–Crippen LogP) is 1.86. The minimum absolute atomic E-state index is 0.145. The molecule has 0 radical (unpaired) electrons. The number of piperazine rings is 1. The summed E-state index contributed by atoms with van der Waals surface area (Å²) in [6, 6.07) is 4.72. The molecule has 0 atom stereocenters. The summed E-state index contributed by atoms with van der Waals surface area (Å²) in [6.07, 6.45) is 0.707. The van der Waals surface area contributed by atoms with Crippen LogP contribution < -0.4 is 10.3 Å². The SMILES string of the molecule is CCOc1ccc(S(=O)(=O)N2CCN(C)CC2)cc1-c1nc2c(CC(C)C)n(C)nc2c(=O)[nH]1. The quantitative estimate of drug-likeness (QED) is 0.540. The summed E-state index contributed by atoms with van der Waals surface area (Å²) >= 11 is 0. The van der Waals surface area contributed by atoms with Crippen molar-refractivity contribution < 1.29 is 13.2 Å². The van der Waals surface area contributed by atoms with Crippen LogP contribution in [-0.2, 0) is 23.5 Å². The first-order valence-electron chi connectivity index (χ1n) is 11.5. The van der Waals surface area contributed by atoms with Gasteiger partial charge in [0, 0.05) is 33.2 Å². The average molecular weight is 489 g/mol. The third-order valence-electron chi connectivity index (χ3n) is 6.02. The Labute approximate surface area is 199 Å². The molecule has 184 valence electrons. The maximum Gasteiger partial charge on any atom is 0.279 e. The number of hydrogen-bond acceptors (Lipinski definition) is 7. The van der Waals surface area contributed by atoms with E-state index in [4.69, 9.17) is 9.72 Å². The Morgan fingerprint density at radius 3 is 2.47 bits per heavy atom. The number of rotatable bonds is 7. The third kappa shape index (κ3) is 4.59. The molecule has 1 saturated heterocycles. The molecular formula is C23H32N6O4S. The average Bonchev–Trinajstić information content (AvgIpc) is 3.10. The van der Waals surface area contributed by atoms with Crippen molar-refractivity contribution in [3.05, 3.63) is 34.2 Å². The fourth-order valence-electron chi connectivity index (χ4n) is 4.18. The van der Waals surface area contributed by atoms with Crippen LogP contribution in [0, 0.1) is 5.92 Å². The number of ether oxygens (including phenoxy) is 1. The number of benzene rings is 1. The Kier molecular flexibility index (Phi) is 6.79. The summed E-state index contributed by atoms with van der Waals surface area (Å²) in [5.74, 6) is 1.06. The first-order valence-corrected chi connectivity index (χ1v) is 13.0. The van der Waals surface area contributed by atoms with Crippen molar-refractivity contribution in [2.75, 3.05) is 39.8 Å². The summed E-state index contributed by atoms with van der Waals surface area (Å²) in [7, 11) is 0.0689. The number of H-pyrrole nitrogens is 1. The van der Waals surface area contributed by atoms with Gasteiger partial charge in [0.05, 0.1) is 22.8 Å². The number of aromatic nitrogens is 4. The number of sulfonamides is 1. The number of likely N-dealkylation sites (N-methyl/N-ethyl adjacent to an activating group) is 1. The summed E-state index contributed by atoms with van der Waals surface area (Å²) in [6.45, 7) is 8.62. The highest BCUT2D eigenvalue weighted by atomic mass is 32.2. The van der Waals surface area contributed by atoms with E-state index in [-0.39, 0.29) is 21.8 Å². The molecule has 0 saturated carbocycles. The first kappa shape index (κ1) is 24.4. The van der Waals surface area contributed by atoms with Gasteiger partial charge in [0.15, 0.2) is 5.52 Å². The standard InChI is InChI=1S/C23H32N6O4S/c1-6-33-19-8-7-16(34(31,32)29-11-9-27(4)10-12-29)14-17(19)22-24-20-18(13-15(2)3)28(5)26-21(20)23(30)25-22/h7-8,14-15H,6,9-13H2,1-5H3,(H,24,25,30). The monoisotopic (exact) mass is 488 g/mol. The third-order valence-corrected chi connectivity index (χ3v) is 7.91. The second kappa shape index (κ2) is 9.47. The van der Waals surface area contributed by atoms with Gasteiger partial charge < -0.3 is 14.6 Å². The maximum atomic E-state index is 13.4. The van der Waals surface area contributed by atoms with E-state index in [0.717, 1.165) is 5.69 Å². The Bertz CT molecular complexity index is 1350. The Morgan fingerprint density at radius 2 is 1.82 bits per heavy atom. The van der Waals surface area contributed by atoms with Crippen LogP contribution in [-0.4, -0.2) is 77.2 Å².